The third-order valence-electron chi connectivity index (χ3n) is 2.99. The van der Waals surface area contributed by atoms with Gasteiger partial charge in [-0.05, 0) is 29.9 Å². The maximum absolute atomic E-state index is 10.9. The van der Waals surface area contributed by atoms with Crippen LogP contribution >= 0.6 is 11.8 Å². The molecule has 1 aliphatic rings. The highest BCUT2D eigenvalue weighted by molar-refractivity contribution is 7.99. The van der Waals surface area contributed by atoms with Crippen molar-refractivity contribution in [3.63, 3.8) is 0 Å². The minimum atomic E-state index is -0.635. The van der Waals surface area contributed by atoms with Gasteiger partial charge in [0.2, 0.25) is 0 Å². The SMILES string of the molecule is O=[N+]([O-])c1ccc(NCC2CCSC2)c([N+](=O)[O-])c1. The fourth-order valence-corrected chi connectivity index (χ4v) is 3.22. The first kappa shape index (κ1) is 13.6. The summed E-state index contributed by atoms with van der Waals surface area (Å²) >= 11 is 1.87. The molecule has 0 spiro atoms. The lowest BCUT2D eigenvalue weighted by Gasteiger charge is -2.11. The Labute approximate surface area is 113 Å². The van der Waals surface area contributed by atoms with Crippen LogP contribution in [0.3, 0.4) is 0 Å². The van der Waals surface area contributed by atoms with Gasteiger partial charge in [0.15, 0.2) is 0 Å². The van der Waals surface area contributed by atoms with Crippen LogP contribution in [-0.4, -0.2) is 27.9 Å². The second-order valence-corrected chi connectivity index (χ2v) is 5.48. The van der Waals surface area contributed by atoms with Crippen LogP contribution < -0.4 is 5.32 Å². The number of non-ortho nitro benzene ring substituents is 1. The van der Waals surface area contributed by atoms with Crippen LogP contribution in [0.1, 0.15) is 6.42 Å². The first-order valence-corrected chi connectivity index (χ1v) is 6.98. The maximum atomic E-state index is 10.9. The molecule has 0 saturated carbocycles. The normalized spacial score (nSPS) is 18.2. The van der Waals surface area contributed by atoms with Gasteiger partial charge in [-0.15, -0.1) is 0 Å². The molecule has 1 atom stereocenters. The zero-order chi connectivity index (χ0) is 13.8. The van der Waals surface area contributed by atoms with Gasteiger partial charge in [0.1, 0.15) is 5.69 Å². The van der Waals surface area contributed by atoms with Crippen LogP contribution in [0, 0.1) is 26.1 Å². The van der Waals surface area contributed by atoms with Crippen molar-refractivity contribution in [1.29, 1.82) is 0 Å². The van der Waals surface area contributed by atoms with Crippen molar-refractivity contribution >= 4 is 28.8 Å². The van der Waals surface area contributed by atoms with Crippen molar-refractivity contribution in [3.8, 4) is 0 Å². The Morgan fingerprint density at radius 3 is 2.68 bits per heavy atom. The van der Waals surface area contributed by atoms with Crippen molar-refractivity contribution in [2.45, 2.75) is 6.42 Å². The molecule has 1 aromatic rings. The van der Waals surface area contributed by atoms with Gasteiger partial charge in [-0.1, -0.05) is 0 Å². The van der Waals surface area contributed by atoms with E-state index in [1.807, 2.05) is 11.8 Å². The second-order valence-electron chi connectivity index (χ2n) is 4.33. The van der Waals surface area contributed by atoms with Gasteiger partial charge in [0.05, 0.1) is 15.9 Å². The summed E-state index contributed by atoms with van der Waals surface area (Å²) in [6.07, 6.45) is 1.10. The number of benzene rings is 1. The quantitative estimate of drug-likeness (QED) is 0.659. The van der Waals surface area contributed by atoms with Crippen molar-refractivity contribution in [1.82, 2.24) is 0 Å². The van der Waals surface area contributed by atoms with E-state index >= 15 is 0 Å². The van der Waals surface area contributed by atoms with Crippen LogP contribution in [0.2, 0.25) is 0 Å². The fourth-order valence-electron chi connectivity index (χ4n) is 1.93. The van der Waals surface area contributed by atoms with E-state index in [1.165, 1.54) is 12.1 Å². The van der Waals surface area contributed by atoms with E-state index in [1.54, 1.807) is 0 Å². The van der Waals surface area contributed by atoms with Crippen molar-refractivity contribution < 1.29 is 9.85 Å². The van der Waals surface area contributed by atoms with Crippen LogP contribution in [0.5, 0.6) is 0 Å². The number of nitro benzene ring substituents is 2. The zero-order valence-corrected chi connectivity index (χ0v) is 10.9. The molecule has 0 aromatic heterocycles. The van der Waals surface area contributed by atoms with Crippen molar-refractivity contribution in [3.05, 3.63) is 38.4 Å². The van der Waals surface area contributed by atoms with Gasteiger partial charge in [-0.2, -0.15) is 11.8 Å². The molecular weight excluding hydrogens is 270 g/mol. The van der Waals surface area contributed by atoms with Gasteiger partial charge in [-0.3, -0.25) is 20.2 Å². The summed E-state index contributed by atoms with van der Waals surface area (Å²) in [6.45, 7) is 0.658. The smallest absolute Gasteiger partial charge is 0.299 e. The Hall–Kier alpha value is -1.83. The second kappa shape index (κ2) is 5.87. The lowest BCUT2D eigenvalue weighted by atomic mass is 10.1. The van der Waals surface area contributed by atoms with Gasteiger partial charge < -0.3 is 5.32 Å². The predicted octanol–water partition coefficient (Wildman–Crippen LogP) is 2.67. The van der Waals surface area contributed by atoms with E-state index in [0.29, 0.717) is 18.2 Å². The molecule has 102 valence electrons. The summed E-state index contributed by atoms with van der Waals surface area (Å²) in [5, 5.41) is 24.6. The van der Waals surface area contributed by atoms with Crippen LogP contribution in [0.4, 0.5) is 17.1 Å². The standard InChI is InChI=1S/C11H13N3O4S/c15-13(16)9-1-2-10(11(5-9)14(17)18)12-6-8-3-4-19-7-8/h1-2,5,8,12H,3-4,6-7H2. The van der Waals surface area contributed by atoms with E-state index in [-0.39, 0.29) is 11.4 Å². The Morgan fingerprint density at radius 1 is 1.32 bits per heavy atom. The number of rotatable bonds is 5. The molecule has 1 N–H and O–H groups in total. The zero-order valence-electron chi connectivity index (χ0n) is 10.1. The highest BCUT2D eigenvalue weighted by Crippen LogP contribution is 2.30. The van der Waals surface area contributed by atoms with E-state index in [2.05, 4.69) is 5.32 Å². The molecule has 1 heterocycles. The monoisotopic (exact) mass is 283 g/mol. The summed E-state index contributed by atoms with van der Waals surface area (Å²) in [7, 11) is 0. The summed E-state index contributed by atoms with van der Waals surface area (Å²) in [5.74, 6) is 2.67. The van der Waals surface area contributed by atoms with Gasteiger partial charge in [0.25, 0.3) is 11.4 Å². The van der Waals surface area contributed by atoms with E-state index in [0.717, 1.165) is 24.0 Å². The molecule has 1 fully saturated rings. The first-order chi connectivity index (χ1) is 9.08. The summed E-state index contributed by atoms with van der Waals surface area (Å²) in [6, 6.07) is 3.67. The summed E-state index contributed by atoms with van der Waals surface area (Å²) in [4.78, 5) is 20.3. The molecule has 1 unspecified atom stereocenters. The molecular formula is C11H13N3O4S. The lowest BCUT2D eigenvalue weighted by molar-refractivity contribution is -0.393. The molecule has 2 rings (SSSR count). The van der Waals surface area contributed by atoms with E-state index < -0.39 is 9.85 Å². The van der Waals surface area contributed by atoms with E-state index in [4.69, 9.17) is 0 Å². The van der Waals surface area contributed by atoms with Gasteiger partial charge >= 0.3 is 0 Å². The third kappa shape index (κ3) is 3.34. The number of thioether (sulfide) groups is 1. The molecule has 1 saturated heterocycles. The minimum absolute atomic E-state index is 0.250. The van der Waals surface area contributed by atoms with Crippen LogP contribution in [0.15, 0.2) is 18.2 Å². The molecule has 0 aliphatic carbocycles. The van der Waals surface area contributed by atoms with Gasteiger partial charge in [0, 0.05) is 12.6 Å². The molecule has 1 aromatic carbocycles. The number of nitro groups is 2. The molecule has 7 nitrogen and oxygen atoms in total. The maximum Gasteiger partial charge on any atom is 0.299 e. The number of nitrogens with one attached hydrogen (secondary N) is 1. The van der Waals surface area contributed by atoms with Gasteiger partial charge in [-0.25, -0.2) is 0 Å². The van der Waals surface area contributed by atoms with Crippen LogP contribution in [-0.2, 0) is 0 Å². The van der Waals surface area contributed by atoms with Crippen molar-refractivity contribution in [2.75, 3.05) is 23.4 Å². The predicted molar refractivity (Wildman–Crippen MR) is 73.7 cm³/mol. The Kier molecular flexibility index (Phi) is 4.20. The Bertz CT molecular complexity index is 503. The number of hydrogen-bond acceptors (Lipinski definition) is 6. The first-order valence-electron chi connectivity index (χ1n) is 5.82. The average molecular weight is 283 g/mol. The van der Waals surface area contributed by atoms with Crippen molar-refractivity contribution in [2.24, 2.45) is 5.92 Å². The minimum Gasteiger partial charge on any atom is -0.379 e. The largest absolute Gasteiger partial charge is 0.379 e. The van der Waals surface area contributed by atoms with E-state index in [9.17, 15) is 20.2 Å². The fraction of sp³-hybridized carbons (Fsp3) is 0.455. The molecule has 8 heteroatoms. The summed E-state index contributed by atoms with van der Waals surface area (Å²) < 4.78 is 0. The summed E-state index contributed by atoms with van der Waals surface area (Å²) in [5.41, 5.74) is -0.180. The molecule has 0 amide bonds. The molecule has 19 heavy (non-hydrogen) atoms. The Balaban J connectivity index is 2.14. The molecule has 0 radical (unpaired) electrons. The number of hydrogen-bond donors (Lipinski definition) is 1. The number of anilines is 1. The third-order valence-corrected chi connectivity index (χ3v) is 4.23. The molecule has 1 aliphatic heterocycles. The lowest BCUT2D eigenvalue weighted by Crippen LogP contribution is -2.14. The van der Waals surface area contributed by atoms with Crippen LogP contribution in [0.25, 0.3) is 0 Å². The number of nitrogens with zero attached hydrogens (tertiary/aromatic N) is 2. The topological polar surface area (TPSA) is 98.3 Å². The highest BCUT2D eigenvalue weighted by Gasteiger charge is 2.21. The Morgan fingerprint density at radius 2 is 2.11 bits per heavy atom. The highest BCUT2D eigenvalue weighted by atomic mass is 32.2. The molecule has 0 bridgehead atoms. The average Bonchev–Trinajstić information content (AvgIpc) is 2.89.